The highest BCUT2D eigenvalue weighted by molar-refractivity contribution is 7.89. The fourth-order valence-electron chi connectivity index (χ4n) is 3.33. The quantitative estimate of drug-likeness (QED) is 0.646. The lowest BCUT2D eigenvalue weighted by molar-refractivity contribution is -0.118. The minimum Gasteiger partial charge on any atom is -0.326 e. The number of piperazine rings is 1. The summed E-state index contributed by atoms with van der Waals surface area (Å²) >= 11 is 1.62. The summed E-state index contributed by atoms with van der Waals surface area (Å²) in [5.41, 5.74) is 1.72. The molecule has 0 radical (unpaired) electrons. The number of nitrogens with zero attached hydrogens (tertiary/aromatic N) is 2. The third kappa shape index (κ3) is 5.89. The second-order valence-electron chi connectivity index (χ2n) is 7.93. The summed E-state index contributed by atoms with van der Waals surface area (Å²) in [5, 5.41) is 6.88. The predicted molar refractivity (Wildman–Crippen MR) is 121 cm³/mol. The molecule has 1 aromatic heterocycles. The van der Waals surface area contributed by atoms with Crippen molar-refractivity contribution >= 4 is 33.0 Å². The maximum absolute atomic E-state index is 12.9. The molecule has 1 aromatic carbocycles. The SMILES string of the molecule is CC(C)C(=O)Nc1ccc(S(=O)(=O)NCC(c2ccsc2)N2CCN(C)CC2)cc1. The Labute approximate surface area is 183 Å². The Balaban J connectivity index is 1.68. The molecule has 164 valence electrons. The van der Waals surface area contributed by atoms with Crippen LogP contribution in [0.25, 0.3) is 0 Å². The monoisotopic (exact) mass is 450 g/mol. The van der Waals surface area contributed by atoms with Gasteiger partial charge in [-0.3, -0.25) is 9.69 Å². The lowest BCUT2D eigenvalue weighted by atomic mass is 10.1. The maximum atomic E-state index is 12.9. The first kappa shape index (κ1) is 22.9. The van der Waals surface area contributed by atoms with Crippen LogP contribution in [0.1, 0.15) is 25.5 Å². The summed E-state index contributed by atoms with van der Waals surface area (Å²) in [6.07, 6.45) is 0. The fourth-order valence-corrected chi connectivity index (χ4v) is 5.08. The van der Waals surface area contributed by atoms with Crippen molar-refractivity contribution in [3.63, 3.8) is 0 Å². The molecule has 1 unspecified atom stereocenters. The minimum absolute atomic E-state index is 0.00401. The van der Waals surface area contributed by atoms with Crippen LogP contribution >= 0.6 is 11.3 Å². The van der Waals surface area contributed by atoms with Crippen molar-refractivity contribution in [2.45, 2.75) is 24.8 Å². The lowest BCUT2D eigenvalue weighted by Crippen LogP contribution is -2.48. The third-order valence-electron chi connectivity index (χ3n) is 5.33. The fraction of sp³-hybridized carbons (Fsp3) is 0.476. The van der Waals surface area contributed by atoms with Crippen molar-refractivity contribution < 1.29 is 13.2 Å². The molecule has 1 aliphatic heterocycles. The second-order valence-corrected chi connectivity index (χ2v) is 10.5. The van der Waals surface area contributed by atoms with Crippen molar-refractivity contribution in [3.8, 4) is 0 Å². The van der Waals surface area contributed by atoms with Gasteiger partial charge in [-0.1, -0.05) is 13.8 Å². The Hall–Kier alpha value is -1.78. The molecule has 3 rings (SSSR count). The second kappa shape index (κ2) is 10.0. The highest BCUT2D eigenvalue weighted by atomic mass is 32.2. The van der Waals surface area contributed by atoms with E-state index in [2.05, 4.69) is 38.3 Å². The summed E-state index contributed by atoms with van der Waals surface area (Å²) < 4.78 is 28.5. The first-order valence-corrected chi connectivity index (χ1v) is 12.5. The molecule has 1 saturated heterocycles. The van der Waals surface area contributed by atoms with Gasteiger partial charge in [0.25, 0.3) is 0 Å². The van der Waals surface area contributed by atoms with E-state index in [1.807, 2.05) is 19.2 Å². The van der Waals surface area contributed by atoms with Crippen LogP contribution in [0.2, 0.25) is 0 Å². The highest BCUT2D eigenvalue weighted by Crippen LogP contribution is 2.24. The average Bonchev–Trinajstić information content (AvgIpc) is 3.24. The van der Waals surface area contributed by atoms with Gasteiger partial charge in [-0.15, -0.1) is 0 Å². The van der Waals surface area contributed by atoms with Gasteiger partial charge in [-0.25, -0.2) is 13.1 Å². The van der Waals surface area contributed by atoms with Crippen LogP contribution in [-0.4, -0.2) is 63.9 Å². The molecular weight excluding hydrogens is 420 g/mol. The van der Waals surface area contributed by atoms with Gasteiger partial charge in [-0.05, 0) is 53.7 Å². The maximum Gasteiger partial charge on any atom is 0.240 e. The standard InChI is InChI=1S/C21H30N4O3S2/c1-16(2)21(26)23-18-4-6-19(7-5-18)30(27,28)22-14-20(17-8-13-29-15-17)25-11-9-24(3)10-12-25/h4-8,13,15-16,20,22H,9-12,14H2,1-3H3,(H,23,26). The summed E-state index contributed by atoms with van der Waals surface area (Å²) in [6, 6.07) is 8.34. The number of benzene rings is 1. The molecule has 0 spiro atoms. The van der Waals surface area contributed by atoms with E-state index in [-0.39, 0.29) is 22.8 Å². The number of sulfonamides is 1. The molecule has 2 N–H and O–H groups in total. The number of likely N-dealkylation sites (N-methyl/N-ethyl adjacent to an activating group) is 1. The van der Waals surface area contributed by atoms with Crippen LogP contribution in [0.3, 0.4) is 0 Å². The first-order chi connectivity index (χ1) is 14.3. The molecule has 1 amide bonds. The van der Waals surface area contributed by atoms with Gasteiger partial charge in [0.2, 0.25) is 15.9 Å². The van der Waals surface area contributed by atoms with Crippen LogP contribution in [0.5, 0.6) is 0 Å². The molecule has 1 fully saturated rings. The zero-order valence-corrected chi connectivity index (χ0v) is 19.3. The summed E-state index contributed by atoms with van der Waals surface area (Å²) in [6.45, 7) is 7.68. The summed E-state index contributed by atoms with van der Waals surface area (Å²) in [4.78, 5) is 16.6. The Bertz CT molecular complexity index is 920. The molecular formula is C21H30N4O3S2. The molecule has 7 nitrogen and oxygen atoms in total. The third-order valence-corrected chi connectivity index (χ3v) is 7.47. The highest BCUT2D eigenvalue weighted by Gasteiger charge is 2.26. The predicted octanol–water partition coefficient (Wildman–Crippen LogP) is 2.61. The number of thiophene rings is 1. The lowest BCUT2D eigenvalue weighted by Gasteiger charge is -2.37. The molecule has 1 atom stereocenters. The van der Waals surface area contributed by atoms with E-state index in [0.717, 1.165) is 31.7 Å². The number of hydrogen-bond donors (Lipinski definition) is 2. The van der Waals surface area contributed by atoms with Crippen molar-refractivity contribution in [2.24, 2.45) is 5.92 Å². The van der Waals surface area contributed by atoms with E-state index >= 15 is 0 Å². The number of rotatable bonds is 8. The van der Waals surface area contributed by atoms with Gasteiger partial charge in [0.15, 0.2) is 0 Å². The van der Waals surface area contributed by atoms with Gasteiger partial charge in [-0.2, -0.15) is 11.3 Å². The Morgan fingerprint density at radius 1 is 1.10 bits per heavy atom. The number of amides is 1. The van der Waals surface area contributed by atoms with Crippen molar-refractivity contribution in [3.05, 3.63) is 46.7 Å². The van der Waals surface area contributed by atoms with Gasteiger partial charge < -0.3 is 10.2 Å². The van der Waals surface area contributed by atoms with Crippen molar-refractivity contribution in [1.82, 2.24) is 14.5 Å². The zero-order valence-electron chi connectivity index (χ0n) is 17.7. The van der Waals surface area contributed by atoms with E-state index in [0.29, 0.717) is 12.2 Å². The molecule has 1 aliphatic rings. The van der Waals surface area contributed by atoms with Crippen molar-refractivity contribution in [1.29, 1.82) is 0 Å². The Kier molecular flexibility index (Phi) is 7.65. The molecule has 30 heavy (non-hydrogen) atoms. The summed E-state index contributed by atoms with van der Waals surface area (Å²) in [7, 11) is -1.55. The molecule has 0 bridgehead atoms. The van der Waals surface area contributed by atoms with E-state index in [4.69, 9.17) is 0 Å². The minimum atomic E-state index is -3.65. The van der Waals surface area contributed by atoms with Crippen LogP contribution in [0.15, 0.2) is 46.0 Å². The van der Waals surface area contributed by atoms with Crippen LogP contribution in [0, 0.1) is 5.92 Å². The van der Waals surface area contributed by atoms with Gasteiger partial charge in [0.05, 0.1) is 4.90 Å². The summed E-state index contributed by atoms with van der Waals surface area (Å²) in [5.74, 6) is -0.242. The molecule has 0 saturated carbocycles. The van der Waals surface area contributed by atoms with E-state index in [9.17, 15) is 13.2 Å². The van der Waals surface area contributed by atoms with Crippen LogP contribution < -0.4 is 10.0 Å². The Morgan fingerprint density at radius 3 is 2.33 bits per heavy atom. The van der Waals surface area contributed by atoms with Crippen molar-refractivity contribution in [2.75, 3.05) is 45.1 Å². The van der Waals surface area contributed by atoms with Crippen LogP contribution in [-0.2, 0) is 14.8 Å². The molecule has 2 aromatic rings. The smallest absolute Gasteiger partial charge is 0.240 e. The number of nitrogens with one attached hydrogen (secondary N) is 2. The molecule has 9 heteroatoms. The van der Waals surface area contributed by atoms with E-state index in [1.165, 1.54) is 12.1 Å². The normalized spacial score (nSPS) is 17.2. The first-order valence-electron chi connectivity index (χ1n) is 10.1. The van der Waals surface area contributed by atoms with E-state index < -0.39 is 10.0 Å². The molecule has 0 aliphatic carbocycles. The van der Waals surface area contributed by atoms with Crippen LogP contribution in [0.4, 0.5) is 5.69 Å². The topological polar surface area (TPSA) is 81.7 Å². The number of anilines is 1. The van der Waals surface area contributed by atoms with Gasteiger partial charge in [0, 0.05) is 50.4 Å². The largest absolute Gasteiger partial charge is 0.326 e. The van der Waals surface area contributed by atoms with Gasteiger partial charge >= 0.3 is 0 Å². The molecule has 2 heterocycles. The zero-order chi connectivity index (χ0) is 21.7. The average molecular weight is 451 g/mol. The van der Waals surface area contributed by atoms with E-state index in [1.54, 1.807) is 23.5 Å². The number of hydrogen-bond acceptors (Lipinski definition) is 6. The Morgan fingerprint density at radius 2 is 1.77 bits per heavy atom. The number of carbonyl (C=O) groups is 1. The van der Waals surface area contributed by atoms with Gasteiger partial charge in [0.1, 0.15) is 0 Å². The number of carbonyl (C=O) groups excluding carboxylic acids is 1.